The van der Waals surface area contributed by atoms with Crippen molar-refractivity contribution in [1.29, 1.82) is 0 Å². The zero-order valence-corrected chi connectivity index (χ0v) is 14.9. The topological polar surface area (TPSA) is 73.1 Å². The van der Waals surface area contributed by atoms with Crippen molar-refractivity contribution < 1.29 is 18.7 Å². The summed E-state index contributed by atoms with van der Waals surface area (Å²) < 4.78 is 16.5. The lowest BCUT2D eigenvalue weighted by Gasteiger charge is -2.09. The van der Waals surface area contributed by atoms with E-state index in [2.05, 4.69) is 26.5 Å². The summed E-state index contributed by atoms with van der Waals surface area (Å²) in [6, 6.07) is 5.20. The van der Waals surface area contributed by atoms with Crippen LogP contribution in [0, 0.1) is 13.8 Å². The lowest BCUT2D eigenvalue weighted by molar-refractivity contribution is 0.0953. The SMILES string of the molecule is COc1cc(Br)c(/C=N\NC(=O)c2cc(C)oc2C)cc1OC. The molecule has 1 N–H and O–H groups in total. The Morgan fingerprint density at radius 1 is 1.22 bits per heavy atom. The Kier molecular flexibility index (Phi) is 5.44. The number of aryl methyl sites for hydroxylation is 2. The van der Waals surface area contributed by atoms with Gasteiger partial charge in [-0.15, -0.1) is 0 Å². The lowest BCUT2D eigenvalue weighted by Crippen LogP contribution is -2.17. The molecule has 0 radical (unpaired) electrons. The summed E-state index contributed by atoms with van der Waals surface area (Å²) in [5, 5.41) is 3.97. The van der Waals surface area contributed by atoms with Crippen molar-refractivity contribution >= 4 is 28.1 Å². The molecule has 0 bridgehead atoms. The molecule has 2 rings (SSSR count). The zero-order valence-electron chi connectivity index (χ0n) is 13.3. The molecule has 1 amide bonds. The summed E-state index contributed by atoms with van der Waals surface area (Å²) in [7, 11) is 3.12. The number of halogens is 1. The number of hydrogen-bond acceptors (Lipinski definition) is 5. The average Bonchev–Trinajstić information content (AvgIpc) is 2.86. The lowest BCUT2D eigenvalue weighted by atomic mass is 10.2. The van der Waals surface area contributed by atoms with Crippen molar-refractivity contribution in [2.45, 2.75) is 13.8 Å². The fourth-order valence-corrected chi connectivity index (χ4v) is 2.47. The van der Waals surface area contributed by atoms with Gasteiger partial charge in [-0.3, -0.25) is 4.79 Å². The monoisotopic (exact) mass is 380 g/mol. The van der Waals surface area contributed by atoms with E-state index in [1.165, 1.54) is 6.21 Å². The average molecular weight is 381 g/mol. The van der Waals surface area contributed by atoms with E-state index < -0.39 is 0 Å². The Hall–Kier alpha value is -2.28. The first-order valence-corrected chi connectivity index (χ1v) is 7.57. The molecule has 2 aromatic rings. The smallest absolute Gasteiger partial charge is 0.274 e. The van der Waals surface area contributed by atoms with Crippen LogP contribution in [0.1, 0.15) is 27.4 Å². The van der Waals surface area contributed by atoms with Gasteiger partial charge >= 0.3 is 0 Å². The Balaban J connectivity index is 2.14. The molecular formula is C16H17BrN2O4. The Morgan fingerprint density at radius 2 is 1.87 bits per heavy atom. The number of ether oxygens (including phenoxy) is 2. The van der Waals surface area contributed by atoms with E-state index in [9.17, 15) is 4.79 Å². The van der Waals surface area contributed by atoms with Crippen LogP contribution in [0.3, 0.4) is 0 Å². The largest absolute Gasteiger partial charge is 0.493 e. The second kappa shape index (κ2) is 7.32. The Morgan fingerprint density at radius 3 is 2.43 bits per heavy atom. The minimum atomic E-state index is -0.327. The van der Waals surface area contributed by atoms with Crippen molar-refractivity contribution in [2.75, 3.05) is 14.2 Å². The van der Waals surface area contributed by atoms with Crippen molar-refractivity contribution in [2.24, 2.45) is 5.10 Å². The predicted molar refractivity (Wildman–Crippen MR) is 90.5 cm³/mol. The van der Waals surface area contributed by atoms with Gasteiger partial charge in [0, 0.05) is 10.0 Å². The van der Waals surface area contributed by atoms with Gasteiger partial charge in [-0.1, -0.05) is 0 Å². The molecule has 0 unspecified atom stereocenters. The van der Waals surface area contributed by atoms with Crippen molar-refractivity contribution in [1.82, 2.24) is 5.43 Å². The normalized spacial score (nSPS) is 10.8. The van der Waals surface area contributed by atoms with E-state index >= 15 is 0 Å². The summed E-state index contributed by atoms with van der Waals surface area (Å²) in [5.74, 6) is 2.09. The van der Waals surface area contributed by atoms with Crippen molar-refractivity contribution in [3.05, 3.63) is 45.3 Å². The molecule has 0 atom stereocenters. The third-order valence-electron chi connectivity index (χ3n) is 3.16. The molecule has 0 saturated heterocycles. The van der Waals surface area contributed by atoms with E-state index in [1.807, 2.05) is 0 Å². The molecule has 23 heavy (non-hydrogen) atoms. The van der Waals surface area contributed by atoms with Crippen LogP contribution in [0.15, 0.2) is 32.2 Å². The van der Waals surface area contributed by atoms with Crippen molar-refractivity contribution in [3.63, 3.8) is 0 Å². The maximum atomic E-state index is 12.0. The summed E-state index contributed by atoms with van der Waals surface area (Å²) in [6.45, 7) is 3.52. The second-order valence-electron chi connectivity index (χ2n) is 4.75. The highest BCUT2D eigenvalue weighted by molar-refractivity contribution is 9.10. The van der Waals surface area contributed by atoms with E-state index in [0.717, 1.165) is 10.0 Å². The van der Waals surface area contributed by atoms with E-state index in [1.54, 1.807) is 46.3 Å². The maximum absolute atomic E-state index is 12.0. The van der Waals surface area contributed by atoms with Gasteiger partial charge in [0.05, 0.1) is 26.0 Å². The molecule has 6 nitrogen and oxygen atoms in total. The van der Waals surface area contributed by atoms with Gasteiger partial charge in [-0.05, 0) is 48.0 Å². The van der Waals surface area contributed by atoms with Crippen LogP contribution < -0.4 is 14.9 Å². The number of furan rings is 1. The minimum Gasteiger partial charge on any atom is -0.493 e. The van der Waals surface area contributed by atoms with Gasteiger partial charge in [0.1, 0.15) is 11.5 Å². The highest BCUT2D eigenvalue weighted by atomic mass is 79.9. The van der Waals surface area contributed by atoms with Crippen LogP contribution in [0.4, 0.5) is 0 Å². The predicted octanol–water partition coefficient (Wildman–Crippen LogP) is 3.44. The second-order valence-corrected chi connectivity index (χ2v) is 5.61. The fraction of sp³-hybridized carbons (Fsp3) is 0.250. The molecular weight excluding hydrogens is 364 g/mol. The quantitative estimate of drug-likeness (QED) is 0.636. The van der Waals surface area contributed by atoms with Gasteiger partial charge < -0.3 is 13.9 Å². The van der Waals surface area contributed by atoms with Crippen LogP contribution in [0.25, 0.3) is 0 Å². The van der Waals surface area contributed by atoms with E-state index in [-0.39, 0.29) is 5.91 Å². The van der Waals surface area contributed by atoms with Crippen LogP contribution >= 0.6 is 15.9 Å². The number of carbonyl (C=O) groups excluding carboxylic acids is 1. The van der Waals surface area contributed by atoms with E-state index in [4.69, 9.17) is 13.9 Å². The number of nitrogens with zero attached hydrogens (tertiary/aromatic N) is 1. The summed E-state index contributed by atoms with van der Waals surface area (Å²) in [5.41, 5.74) is 3.68. The number of methoxy groups -OCH3 is 2. The van der Waals surface area contributed by atoms with Gasteiger partial charge in [0.15, 0.2) is 11.5 Å². The number of amides is 1. The first-order valence-electron chi connectivity index (χ1n) is 6.78. The minimum absolute atomic E-state index is 0.327. The molecule has 122 valence electrons. The van der Waals surface area contributed by atoms with Crippen LogP contribution in [-0.2, 0) is 0 Å². The van der Waals surface area contributed by atoms with Crippen LogP contribution in [-0.4, -0.2) is 26.3 Å². The molecule has 7 heteroatoms. The first-order chi connectivity index (χ1) is 11.0. The van der Waals surface area contributed by atoms with Crippen molar-refractivity contribution in [3.8, 4) is 11.5 Å². The third kappa shape index (κ3) is 3.92. The number of hydrazone groups is 1. The molecule has 1 aromatic heterocycles. The fourth-order valence-electron chi connectivity index (χ4n) is 2.05. The number of rotatable bonds is 5. The molecule has 0 aliphatic carbocycles. The molecule has 0 saturated carbocycles. The number of hydrogen-bond donors (Lipinski definition) is 1. The van der Waals surface area contributed by atoms with Gasteiger partial charge in [-0.25, -0.2) is 5.43 Å². The zero-order chi connectivity index (χ0) is 17.0. The standard InChI is InChI=1S/C16H17BrN2O4/c1-9-5-12(10(2)23-9)16(20)19-18-8-11-6-14(21-3)15(22-4)7-13(11)17/h5-8H,1-4H3,(H,19,20)/b18-8-. The molecule has 1 heterocycles. The van der Waals surface area contributed by atoms with Gasteiger partial charge in [-0.2, -0.15) is 5.10 Å². The van der Waals surface area contributed by atoms with Crippen LogP contribution in [0.2, 0.25) is 0 Å². The maximum Gasteiger partial charge on any atom is 0.274 e. The summed E-state index contributed by atoms with van der Waals surface area (Å²) >= 11 is 3.42. The highest BCUT2D eigenvalue weighted by Gasteiger charge is 2.13. The number of carbonyl (C=O) groups is 1. The highest BCUT2D eigenvalue weighted by Crippen LogP contribution is 2.32. The molecule has 0 aliphatic rings. The third-order valence-corrected chi connectivity index (χ3v) is 3.84. The van der Waals surface area contributed by atoms with Crippen LogP contribution in [0.5, 0.6) is 11.5 Å². The Bertz CT molecular complexity index is 753. The first kappa shape index (κ1) is 17.1. The summed E-state index contributed by atoms with van der Waals surface area (Å²) in [4.78, 5) is 12.0. The summed E-state index contributed by atoms with van der Waals surface area (Å²) in [6.07, 6.45) is 1.52. The molecule has 0 aliphatic heterocycles. The number of nitrogens with one attached hydrogen (secondary N) is 1. The molecule has 1 aromatic carbocycles. The molecule has 0 fully saturated rings. The number of benzene rings is 1. The van der Waals surface area contributed by atoms with E-state index in [0.29, 0.717) is 28.6 Å². The molecule has 0 spiro atoms. The Labute approximate surface area is 142 Å². The van der Waals surface area contributed by atoms with Gasteiger partial charge in [0.2, 0.25) is 0 Å². The van der Waals surface area contributed by atoms with Gasteiger partial charge in [0.25, 0.3) is 5.91 Å².